The van der Waals surface area contributed by atoms with Crippen LogP contribution in [0.2, 0.25) is 10.2 Å². The number of halogens is 2. The molecule has 0 spiro atoms. The van der Waals surface area contributed by atoms with Crippen molar-refractivity contribution in [3.63, 3.8) is 0 Å². The van der Waals surface area contributed by atoms with Gasteiger partial charge in [-0.1, -0.05) is 29.3 Å². The standard InChI is InChI=1S/C14H13Cl2NS/c1-9-3-4-11(7-10(9)2)18-8-13-12(15)5-6-14(16)17-13/h3-7H,8H2,1-2H3. The molecule has 0 saturated carbocycles. The van der Waals surface area contributed by atoms with E-state index >= 15 is 0 Å². The molecule has 0 N–H and O–H groups in total. The topological polar surface area (TPSA) is 12.9 Å². The summed E-state index contributed by atoms with van der Waals surface area (Å²) in [7, 11) is 0. The van der Waals surface area contributed by atoms with Gasteiger partial charge in [0.2, 0.25) is 0 Å². The van der Waals surface area contributed by atoms with Crippen molar-refractivity contribution in [1.29, 1.82) is 0 Å². The molecular weight excluding hydrogens is 285 g/mol. The highest BCUT2D eigenvalue weighted by Crippen LogP contribution is 2.27. The van der Waals surface area contributed by atoms with Gasteiger partial charge in [-0.25, -0.2) is 4.98 Å². The Balaban J connectivity index is 2.11. The minimum absolute atomic E-state index is 0.482. The average molecular weight is 298 g/mol. The zero-order chi connectivity index (χ0) is 13.1. The minimum atomic E-state index is 0.482. The van der Waals surface area contributed by atoms with Gasteiger partial charge in [-0.05, 0) is 49.2 Å². The van der Waals surface area contributed by atoms with E-state index in [1.807, 2.05) is 0 Å². The molecule has 2 rings (SSSR count). The van der Waals surface area contributed by atoms with Gasteiger partial charge in [-0.15, -0.1) is 11.8 Å². The van der Waals surface area contributed by atoms with Crippen LogP contribution in [0.15, 0.2) is 35.2 Å². The third-order valence-corrected chi connectivity index (χ3v) is 4.30. The monoisotopic (exact) mass is 297 g/mol. The van der Waals surface area contributed by atoms with E-state index in [4.69, 9.17) is 23.2 Å². The fraction of sp³-hybridized carbons (Fsp3) is 0.214. The number of benzene rings is 1. The summed E-state index contributed by atoms with van der Waals surface area (Å²) >= 11 is 13.7. The van der Waals surface area contributed by atoms with Crippen LogP contribution in [0.1, 0.15) is 16.8 Å². The van der Waals surface area contributed by atoms with Crippen LogP contribution >= 0.6 is 35.0 Å². The summed E-state index contributed by atoms with van der Waals surface area (Å²) in [6, 6.07) is 9.91. The Hall–Kier alpha value is -0.700. The van der Waals surface area contributed by atoms with Crippen LogP contribution in [0.5, 0.6) is 0 Å². The SMILES string of the molecule is Cc1ccc(SCc2nc(Cl)ccc2Cl)cc1C. The van der Waals surface area contributed by atoms with Crippen molar-refractivity contribution >= 4 is 35.0 Å². The van der Waals surface area contributed by atoms with E-state index in [9.17, 15) is 0 Å². The van der Waals surface area contributed by atoms with E-state index in [-0.39, 0.29) is 0 Å². The van der Waals surface area contributed by atoms with Crippen molar-refractivity contribution in [2.24, 2.45) is 0 Å². The molecule has 2 aromatic rings. The number of hydrogen-bond donors (Lipinski definition) is 0. The third-order valence-electron chi connectivity index (χ3n) is 2.74. The van der Waals surface area contributed by atoms with Gasteiger partial charge < -0.3 is 0 Å². The summed E-state index contributed by atoms with van der Waals surface area (Å²) in [6.07, 6.45) is 0. The predicted octanol–water partition coefficient (Wildman–Crippen LogP) is 5.30. The van der Waals surface area contributed by atoms with Gasteiger partial charge in [0.05, 0.1) is 10.7 Å². The van der Waals surface area contributed by atoms with Crippen molar-refractivity contribution in [2.75, 3.05) is 0 Å². The lowest BCUT2D eigenvalue weighted by atomic mass is 10.1. The van der Waals surface area contributed by atoms with Gasteiger partial charge >= 0.3 is 0 Å². The van der Waals surface area contributed by atoms with Crippen molar-refractivity contribution in [3.05, 3.63) is 57.3 Å². The molecule has 0 aliphatic carbocycles. The van der Waals surface area contributed by atoms with Crippen molar-refractivity contribution in [1.82, 2.24) is 4.98 Å². The van der Waals surface area contributed by atoms with E-state index in [1.165, 1.54) is 16.0 Å². The molecule has 0 unspecified atom stereocenters. The van der Waals surface area contributed by atoms with E-state index < -0.39 is 0 Å². The fourth-order valence-corrected chi connectivity index (χ4v) is 2.88. The highest BCUT2D eigenvalue weighted by Gasteiger charge is 2.05. The van der Waals surface area contributed by atoms with Crippen LogP contribution < -0.4 is 0 Å². The van der Waals surface area contributed by atoms with Crippen molar-refractivity contribution < 1.29 is 0 Å². The Morgan fingerprint density at radius 2 is 1.83 bits per heavy atom. The van der Waals surface area contributed by atoms with Gasteiger partial charge in [0.15, 0.2) is 0 Å². The fourth-order valence-electron chi connectivity index (χ4n) is 1.51. The number of pyridine rings is 1. The molecule has 1 nitrogen and oxygen atoms in total. The molecule has 18 heavy (non-hydrogen) atoms. The predicted molar refractivity (Wildman–Crippen MR) is 79.7 cm³/mol. The zero-order valence-corrected chi connectivity index (χ0v) is 12.5. The van der Waals surface area contributed by atoms with Crippen LogP contribution in [0.25, 0.3) is 0 Å². The number of rotatable bonds is 3. The molecule has 0 aliphatic rings. The van der Waals surface area contributed by atoms with Gasteiger partial charge in [0, 0.05) is 10.6 Å². The lowest BCUT2D eigenvalue weighted by Crippen LogP contribution is -1.89. The molecule has 0 atom stereocenters. The summed E-state index contributed by atoms with van der Waals surface area (Å²) in [5, 5.41) is 1.14. The number of thioether (sulfide) groups is 1. The van der Waals surface area contributed by atoms with Crippen LogP contribution in [0.3, 0.4) is 0 Å². The molecule has 1 heterocycles. The van der Waals surface area contributed by atoms with Crippen molar-refractivity contribution in [3.8, 4) is 0 Å². The second-order valence-electron chi connectivity index (χ2n) is 4.10. The average Bonchev–Trinajstić information content (AvgIpc) is 2.34. The first-order valence-corrected chi connectivity index (χ1v) is 7.31. The molecule has 0 fully saturated rings. The largest absolute Gasteiger partial charge is 0.239 e. The molecule has 1 aromatic carbocycles. The molecule has 1 aromatic heterocycles. The molecule has 0 aliphatic heterocycles. The highest BCUT2D eigenvalue weighted by atomic mass is 35.5. The maximum absolute atomic E-state index is 6.08. The summed E-state index contributed by atoms with van der Waals surface area (Å²) in [4.78, 5) is 5.46. The number of aryl methyl sites for hydroxylation is 2. The normalized spacial score (nSPS) is 10.7. The molecule has 94 valence electrons. The Labute approximate surface area is 122 Å². The maximum Gasteiger partial charge on any atom is 0.129 e. The number of nitrogens with zero attached hydrogens (tertiary/aromatic N) is 1. The smallest absolute Gasteiger partial charge is 0.129 e. The summed E-state index contributed by atoms with van der Waals surface area (Å²) in [6.45, 7) is 4.23. The number of aromatic nitrogens is 1. The van der Waals surface area contributed by atoms with Gasteiger partial charge in [0.1, 0.15) is 5.15 Å². The summed E-state index contributed by atoms with van der Waals surface area (Å²) in [5.41, 5.74) is 3.43. The van der Waals surface area contributed by atoms with Gasteiger partial charge in [0.25, 0.3) is 0 Å². The first kappa shape index (κ1) is 13.7. The van der Waals surface area contributed by atoms with E-state index in [1.54, 1.807) is 23.9 Å². The molecule has 0 saturated heterocycles. The highest BCUT2D eigenvalue weighted by molar-refractivity contribution is 7.98. The van der Waals surface area contributed by atoms with Gasteiger partial charge in [-0.2, -0.15) is 0 Å². The quantitative estimate of drug-likeness (QED) is 0.563. The van der Waals surface area contributed by atoms with E-state index in [0.29, 0.717) is 10.2 Å². The Morgan fingerprint density at radius 3 is 2.56 bits per heavy atom. The molecule has 0 bridgehead atoms. The maximum atomic E-state index is 6.08. The van der Waals surface area contributed by atoms with Crippen LogP contribution in [-0.2, 0) is 5.75 Å². The Morgan fingerprint density at radius 1 is 1.06 bits per heavy atom. The first-order chi connectivity index (χ1) is 8.56. The number of hydrogen-bond acceptors (Lipinski definition) is 2. The molecule has 0 amide bonds. The first-order valence-electron chi connectivity index (χ1n) is 5.57. The Kier molecular flexibility index (Phi) is 4.55. The summed E-state index contributed by atoms with van der Waals surface area (Å²) in [5.74, 6) is 0.724. The lowest BCUT2D eigenvalue weighted by molar-refractivity contribution is 1.17. The Bertz CT molecular complexity index is 570. The summed E-state index contributed by atoms with van der Waals surface area (Å²) < 4.78 is 0. The molecular formula is C14H13Cl2NS. The van der Waals surface area contributed by atoms with Crippen molar-refractivity contribution in [2.45, 2.75) is 24.5 Å². The molecule has 0 radical (unpaired) electrons. The van der Waals surface area contributed by atoms with E-state index in [2.05, 4.69) is 37.0 Å². The minimum Gasteiger partial charge on any atom is -0.239 e. The zero-order valence-electron chi connectivity index (χ0n) is 10.2. The van der Waals surface area contributed by atoms with E-state index in [0.717, 1.165) is 11.4 Å². The van der Waals surface area contributed by atoms with Gasteiger partial charge in [-0.3, -0.25) is 0 Å². The molecule has 4 heteroatoms. The third kappa shape index (κ3) is 3.41. The lowest BCUT2D eigenvalue weighted by Gasteiger charge is -2.06. The van der Waals surface area contributed by atoms with Crippen LogP contribution in [-0.4, -0.2) is 4.98 Å². The second-order valence-corrected chi connectivity index (χ2v) is 5.94. The van der Waals surface area contributed by atoms with Crippen LogP contribution in [0.4, 0.5) is 0 Å². The second kappa shape index (κ2) is 5.96. The van der Waals surface area contributed by atoms with Crippen LogP contribution in [0, 0.1) is 13.8 Å².